The van der Waals surface area contributed by atoms with Crippen LogP contribution in [0.2, 0.25) is 0 Å². The number of nitrogens with zero attached hydrogens (tertiary/aromatic N) is 3. The number of rotatable bonds is 6. The van der Waals surface area contributed by atoms with Crippen LogP contribution < -0.4 is 10.5 Å². The number of nitrogens with two attached hydrogens (primary N) is 1. The molecule has 2 rings (SSSR count). The van der Waals surface area contributed by atoms with Gasteiger partial charge in [0.05, 0.1) is 17.1 Å². The number of hydrogen-bond acceptors (Lipinski definition) is 7. The van der Waals surface area contributed by atoms with E-state index in [4.69, 9.17) is 15.7 Å². The van der Waals surface area contributed by atoms with Crippen molar-refractivity contribution in [2.75, 3.05) is 6.61 Å². The molecule has 0 bridgehead atoms. The van der Waals surface area contributed by atoms with Crippen LogP contribution in [0.3, 0.4) is 0 Å². The minimum atomic E-state index is -0.615. The quantitative estimate of drug-likeness (QED) is 0.275. The number of aromatic nitrogens is 1. The van der Waals surface area contributed by atoms with Gasteiger partial charge in [-0.2, -0.15) is 0 Å². The third-order valence-corrected chi connectivity index (χ3v) is 3.53. The summed E-state index contributed by atoms with van der Waals surface area (Å²) in [4.78, 5) is 15.1. The lowest BCUT2D eigenvalue weighted by Crippen LogP contribution is -2.16. The predicted octanol–water partition coefficient (Wildman–Crippen LogP) is 1.77. The molecule has 0 fully saturated rings. The molecule has 0 aliphatic carbocycles. The highest BCUT2D eigenvalue weighted by Gasteiger charge is 2.16. The monoisotopic (exact) mass is 308 g/mol. The summed E-state index contributed by atoms with van der Waals surface area (Å²) in [5, 5.41) is 24.2. The molecule has 0 saturated carbocycles. The van der Waals surface area contributed by atoms with Crippen molar-refractivity contribution in [1.82, 2.24) is 4.98 Å². The second-order valence-corrected chi connectivity index (χ2v) is 5.00. The zero-order valence-electron chi connectivity index (χ0n) is 10.8. The Hall–Kier alpha value is -2.68. The van der Waals surface area contributed by atoms with Gasteiger partial charge in [-0.25, -0.2) is 4.98 Å². The number of hydrogen-bond donors (Lipinski definition) is 2. The van der Waals surface area contributed by atoms with E-state index in [0.717, 1.165) is 17.1 Å². The zero-order valence-corrected chi connectivity index (χ0v) is 11.6. The maximum Gasteiger partial charge on any atom is 0.288 e. The van der Waals surface area contributed by atoms with Crippen molar-refractivity contribution in [2.45, 2.75) is 6.42 Å². The molecule has 8 nitrogen and oxygen atoms in total. The maximum atomic E-state index is 10.7. The predicted molar refractivity (Wildman–Crippen MR) is 76.9 cm³/mol. The van der Waals surface area contributed by atoms with Crippen LogP contribution in [0.1, 0.15) is 10.4 Å². The number of amidine groups is 1. The summed E-state index contributed by atoms with van der Waals surface area (Å²) in [5.41, 5.74) is 5.31. The lowest BCUT2D eigenvalue weighted by Gasteiger charge is -2.08. The zero-order chi connectivity index (χ0) is 15.2. The normalized spacial score (nSPS) is 11.3. The van der Waals surface area contributed by atoms with Crippen molar-refractivity contribution >= 4 is 22.9 Å². The van der Waals surface area contributed by atoms with E-state index in [-0.39, 0.29) is 23.0 Å². The summed E-state index contributed by atoms with van der Waals surface area (Å²) in [6, 6.07) is 5.07. The average Bonchev–Trinajstić information content (AvgIpc) is 2.99. The highest BCUT2D eigenvalue weighted by atomic mass is 32.1. The molecule has 21 heavy (non-hydrogen) atoms. The Morgan fingerprint density at radius 3 is 3.05 bits per heavy atom. The first kappa shape index (κ1) is 14.7. The number of oxime groups is 1. The Morgan fingerprint density at radius 1 is 1.62 bits per heavy atom. The smallest absolute Gasteiger partial charge is 0.288 e. The Morgan fingerprint density at radius 2 is 2.43 bits per heavy atom. The summed E-state index contributed by atoms with van der Waals surface area (Å²) >= 11 is 1.60. The Balaban J connectivity index is 2.15. The number of ether oxygens (including phenoxy) is 1. The highest BCUT2D eigenvalue weighted by molar-refractivity contribution is 7.09. The van der Waals surface area contributed by atoms with Gasteiger partial charge in [0.15, 0.2) is 5.84 Å². The molecule has 3 N–H and O–H groups in total. The van der Waals surface area contributed by atoms with Gasteiger partial charge in [-0.3, -0.25) is 10.1 Å². The van der Waals surface area contributed by atoms with Crippen LogP contribution in [0.15, 0.2) is 34.9 Å². The van der Waals surface area contributed by atoms with Crippen LogP contribution in [0, 0.1) is 10.1 Å². The van der Waals surface area contributed by atoms with Crippen molar-refractivity contribution in [3.05, 3.63) is 50.3 Å². The van der Waals surface area contributed by atoms with Crippen molar-refractivity contribution in [3.8, 4) is 5.88 Å². The molecule has 0 unspecified atom stereocenters. The molecule has 0 saturated heterocycles. The van der Waals surface area contributed by atoms with Gasteiger partial charge in [-0.15, -0.1) is 11.3 Å². The molecular formula is C12H12N4O4S. The van der Waals surface area contributed by atoms with E-state index >= 15 is 0 Å². The van der Waals surface area contributed by atoms with Gasteiger partial charge in [-0.1, -0.05) is 11.2 Å². The SMILES string of the molecule is NC(=NO)c1cc([N+](=O)[O-])cnc1OCCc1cccs1. The minimum Gasteiger partial charge on any atom is -0.477 e. The van der Waals surface area contributed by atoms with E-state index < -0.39 is 4.92 Å². The van der Waals surface area contributed by atoms with Crippen molar-refractivity contribution in [3.63, 3.8) is 0 Å². The lowest BCUT2D eigenvalue weighted by atomic mass is 10.2. The van der Waals surface area contributed by atoms with E-state index in [2.05, 4.69) is 10.1 Å². The number of thiophene rings is 1. The number of pyridine rings is 1. The van der Waals surface area contributed by atoms with Crippen LogP contribution in [0.4, 0.5) is 5.69 Å². The second-order valence-electron chi connectivity index (χ2n) is 3.97. The van der Waals surface area contributed by atoms with Crippen LogP contribution in [-0.4, -0.2) is 27.6 Å². The third-order valence-electron chi connectivity index (χ3n) is 2.60. The van der Waals surface area contributed by atoms with Gasteiger partial charge < -0.3 is 15.7 Å². The van der Waals surface area contributed by atoms with E-state index in [9.17, 15) is 10.1 Å². The fourth-order valence-electron chi connectivity index (χ4n) is 1.60. The first-order chi connectivity index (χ1) is 10.1. The van der Waals surface area contributed by atoms with E-state index in [1.54, 1.807) is 11.3 Å². The van der Waals surface area contributed by atoms with Crippen LogP contribution in [0.5, 0.6) is 5.88 Å². The number of nitro groups is 1. The summed E-state index contributed by atoms with van der Waals surface area (Å²) in [7, 11) is 0. The molecule has 0 amide bonds. The molecule has 110 valence electrons. The molecule has 2 aromatic heterocycles. The standard InChI is InChI=1S/C12H12N4O4S/c13-11(15-17)10-6-8(16(18)19)7-14-12(10)20-4-3-9-2-1-5-21-9/h1-2,5-7,17H,3-4H2,(H2,13,15). The highest BCUT2D eigenvalue weighted by Crippen LogP contribution is 2.21. The van der Waals surface area contributed by atoms with Crippen LogP contribution in [0.25, 0.3) is 0 Å². The van der Waals surface area contributed by atoms with Crippen molar-refractivity contribution in [2.24, 2.45) is 10.9 Å². The molecule has 2 aromatic rings. The molecule has 9 heteroatoms. The second kappa shape index (κ2) is 6.66. The van der Waals surface area contributed by atoms with Crippen molar-refractivity contribution in [1.29, 1.82) is 0 Å². The van der Waals surface area contributed by atoms with Crippen molar-refractivity contribution < 1.29 is 14.9 Å². The molecule has 2 heterocycles. The van der Waals surface area contributed by atoms with Crippen LogP contribution >= 0.6 is 11.3 Å². The maximum absolute atomic E-state index is 10.7. The fraction of sp³-hybridized carbons (Fsp3) is 0.167. The summed E-state index contributed by atoms with van der Waals surface area (Å²) < 4.78 is 5.47. The summed E-state index contributed by atoms with van der Waals surface area (Å²) in [6.45, 7) is 0.330. The lowest BCUT2D eigenvalue weighted by molar-refractivity contribution is -0.385. The van der Waals surface area contributed by atoms with E-state index in [1.165, 1.54) is 0 Å². The van der Waals surface area contributed by atoms with Gasteiger partial charge in [-0.05, 0) is 11.4 Å². The van der Waals surface area contributed by atoms with Gasteiger partial charge in [0.1, 0.15) is 6.20 Å². The largest absolute Gasteiger partial charge is 0.477 e. The summed E-state index contributed by atoms with van der Waals surface area (Å²) in [6.07, 6.45) is 1.74. The Labute approximate surface area is 123 Å². The van der Waals surface area contributed by atoms with Crippen LogP contribution in [-0.2, 0) is 6.42 Å². The average molecular weight is 308 g/mol. The fourth-order valence-corrected chi connectivity index (χ4v) is 2.29. The van der Waals surface area contributed by atoms with E-state index in [1.807, 2.05) is 17.5 Å². The molecule has 0 atom stereocenters. The summed E-state index contributed by atoms with van der Waals surface area (Å²) in [5.74, 6) is -0.204. The Bertz CT molecular complexity index is 657. The topological polar surface area (TPSA) is 124 Å². The third kappa shape index (κ3) is 3.66. The molecule has 0 radical (unpaired) electrons. The van der Waals surface area contributed by atoms with Gasteiger partial charge in [0.25, 0.3) is 5.69 Å². The minimum absolute atomic E-state index is 0.0814. The van der Waals surface area contributed by atoms with Gasteiger partial charge >= 0.3 is 0 Å². The molecular weight excluding hydrogens is 296 g/mol. The van der Waals surface area contributed by atoms with Gasteiger partial charge in [0, 0.05) is 17.4 Å². The molecule has 0 aromatic carbocycles. The first-order valence-corrected chi connectivity index (χ1v) is 6.77. The first-order valence-electron chi connectivity index (χ1n) is 5.89. The molecule has 0 aliphatic rings. The van der Waals surface area contributed by atoms with E-state index in [0.29, 0.717) is 13.0 Å². The molecule has 0 spiro atoms. The Kier molecular flexibility index (Phi) is 4.67. The molecule has 0 aliphatic heterocycles. The van der Waals surface area contributed by atoms with Gasteiger partial charge in [0.2, 0.25) is 5.88 Å².